The van der Waals surface area contributed by atoms with E-state index in [9.17, 15) is 9.90 Å². The Morgan fingerprint density at radius 2 is 1.52 bits per heavy atom. The van der Waals surface area contributed by atoms with Crippen LogP contribution in [0.5, 0.6) is 17.2 Å². The van der Waals surface area contributed by atoms with Crippen molar-refractivity contribution in [2.45, 2.75) is 50.2 Å². The van der Waals surface area contributed by atoms with E-state index in [1.807, 2.05) is 102 Å². The van der Waals surface area contributed by atoms with E-state index in [4.69, 9.17) is 14.2 Å². The van der Waals surface area contributed by atoms with E-state index >= 15 is 4.79 Å². The molecule has 0 aliphatic carbocycles. The van der Waals surface area contributed by atoms with Gasteiger partial charge in [-0.25, -0.2) is 0 Å². The second-order valence-corrected chi connectivity index (χ2v) is 19.1. The van der Waals surface area contributed by atoms with Crippen molar-refractivity contribution in [1.82, 2.24) is 0 Å². The molecule has 0 radical (unpaired) electrons. The summed E-state index contributed by atoms with van der Waals surface area (Å²) in [6, 6.07) is 38.8. The Bertz CT molecular complexity index is 2170. The van der Waals surface area contributed by atoms with Crippen LogP contribution in [0, 0.1) is 5.92 Å². The molecule has 9 heteroatoms. The molecular formula is C43H42N2O6Si. The number of aliphatic hydroxyl groups is 1. The number of carbonyl (C=O) groups is 2. The SMILES string of the molecule is COc1ccc([Si](C)(C)[C@H]2[C@H](CCO)O[C@@]3(C(=O)N(Cc4cccc(N5C(=O)c6ccccc6Oc6ccccc65)c4)c4ccccc43)[C@@H]2C)cc1. The Kier molecular flexibility index (Phi) is 8.52. The highest BCUT2D eigenvalue weighted by atomic mass is 28.3. The molecule has 52 heavy (non-hydrogen) atoms. The Hall–Kier alpha value is -5.22. The molecule has 8 rings (SSSR count). The first-order valence-corrected chi connectivity index (χ1v) is 20.9. The lowest BCUT2D eigenvalue weighted by Gasteiger charge is -2.37. The van der Waals surface area contributed by atoms with Gasteiger partial charge in [0.1, 0.15) is 11.5 Å². The number of amides is 2. The van der Waals surface area contributed by atoms with Gasteiger partial charge in [-0.2, -0.15) is 0 Å². The molecule has 2 amide bonds. The van der Waals surface area contributed by atoms with E-state index in [0.717, 1.165) is 22.6 Å². The van der Waals surface area contributed by atoms with Gasteiger partial charge in [-0.1, -0.05) is 91.9 Å². The Morgan fingerprint density at radius 1 is 0.827 bits per heavy atom. The zero-order valence-corrected chi connectivity index (χ0v) is 30.8. The summed E-state index contributed by atoms with van der Waals surface area (Å²) in [7, 11) is -0.623. The zero-order valence-electron chi connectivity index (χ0n) is 29.8. The number of carbonyl (C=O) groups excluding carboxylic acids is 2. The number of hydrogen-bond donors (Lipinski definition) is 1. The number of anilines is 3. The Morgan fingerprint density at radius 3 is 2.27 bits per heavy atom. The lowest BCUT2D eigenvalue weighted by molar-refractivity contribution is -0.146. The fourth-order valence-corrected chi connectivity index (χ4v) is 12.9. The van der Waals surface area contributed by atoms with E-state index in [2.05, 4.69) is 32.2 Å². The number of rotatable bonds is 8. The molecule has 1 fully saturated rings. The molecule has 1 saturated heterocycles. The zero-order chi connectivity index (χ0) is 36.2. The summed E-state index contributed by atoms with van der Waals surface area (Å²) in [6.45, 7) is 7.08. The molecule has 8 nitrogen and oxygen atoms in total. The highest BCUT2D eigenvalue weighted by Gasteiger charge is 2.66. The number of benzene rings is 5. The standard InChI is InChI=1S/C43H42N2O6Si/c1-28-40(52(3,4)32-22-20-31(49-2)21-23-32)39(24-25-46)51-43(28)34-15-6-7-16-35(34)44(42(43)48)27-29-12-11-13-30(26-29)45-36-17-8-10-19-38(36)50-37-18-9-5-14-33(37)41(45)47/h5-23,26,28,39-40,46H,24-25,27H2,1-4H3/t28-,39+,40-,43+/m1/s1. The maximum atomic E-state index is 15.1. The molecular weight excluding hydrogens is 669 g/mol. The van der Waals surface area contributed by atoms with Gasteiger partial charge in [0.2, 0.25) is 0 Å². The third-order valence-corrected chi connectivity index (χ3v) is 15.7. The number of nitrogens with zero attached hydrogens (tertiary/aromatic N) is 2. The number of hydrogen-bond acceptors (Lipinski definition) is 6. The third kappa shape index (κ3) is 5.26. The largest absolute Gasteiger partial charge is 0.497 e. The topological polar surface area (TPSA) is 88.5 Å². The quantitative estimate of drug-likeness (QED) is 0.165. The van der Waals surface area contributed by atoms with Gasteiger partial charge < -0.3 is 24.2 Å². The molecule has 1 spiro atoms. The summed E-state index contributed by atoms with van der Waals surface area (Å²) in [5.41, 5.74) is 3.17. The lowest BCUT2D eigenvalue weighted by Crippen LogP contribution is -2.51. The summed E-state index contributed by atoms with van der Waals surface area (Å²) in [5, 5.41) is 11.5. The average molecular weight is 711 g/mol. The van der Waals surface area contributed by atoms with Crippen LogP contribution in [0.4, 0.5) is 17.1 Å². The van der Waals surface area contributed by atoms with Crippen LogP contribution in [0.25, 0.3) is 0 Å². The molecule has 0 bridgehead atoms. The Labute approximate surface area is 305 Å². The van der Waals surface area contributed by atoms with Crippen LogP contribution in [-0.2, 0) is 21.7 Å². The first-order valence-electron chi connectivity index (χ1n) is 17.8. The van der Waals surface area contributed by atoms with E-state index < -0.39 is 13.7 Å². The van der Waals surface area contributed by atoms with Crippen molar-refractivity contribution in [3.05, 3.63) is 138 Å². The molecule has 3 heterocycles. The number of fused-ring (bicyclic) bond motifs is 4. The molecule has 0 aromatic heterocycles. The maximum Gasteiger partial charge on any atom is 0.266 e. The van der Waals surface area contributed by atoms with E-state index in [1.165, 1.54) is 5.19 Å². The van der Waals surface area contributed by atoms with Gasteiger partial charge in [0.25, 0.3) is 11.8 Å². The number of methoxy groups -OCH3 is 1. The number of ether oxygens (including phenoxy) is 3. The van der Waals surface area contributed by atoms with Gasteiger partial charge in [0.15, 0.2) is 11.4 Å². The summed E-state index contributed by atoms with van der Waals surface area (Å²) in [5.74, 6) is 1.42. The van der Waals surface area contributed by atoms with Crippen molar-refractivity contribution < 1.29 is 28.9 Å². The van der Waals surface area contributed by atoms with Crippen molar-refractivity contribution >= 4 is 42.1 Å². The van der Waals surface area contributed by atoms with Gasteiger partial charge in [-0.3, -0.25) is 14.5 Å². The van der Waals surface area contributed by atoms with Gasteiger partial charge >= 0.3 is 0 Å². The minimum absolute atomic E-state index is 0.0305. The first kappa shape index (κ1) is 33.9. The van der Waals surface area contributed by atoms with Crippen molar-refractivity contribution in [3.63, 3.8) is 0 Å². The van der Waals surface area contributed by atoms with Crippen LogP contribution in [0.15, 0.2) is 121 Å². The predicted molar refractivity (Wildman–Crippen MR) is 205 cm³/mol. The molecule has 0 unspecified atom stereocenters. The third-order valence-electron chi connectivity index (χ3n) is 11.3. The molecule has 5 aromatic rings. The minimum Gasteiger partial charge on any atom is -0.497 e. The number of para-hydroxylation sites is 4. The second kappa shape index (κ2) is 13.1. The van der Waals surface area contributed by atoms with Crippen molar-refractivity contribution in [2.75, 3.05) is 23.5 Å². The first-order chi connectivity index (χ1) is 25.2. The highest BCUT2D eigenvalue weighted by molar-refractivity contribution is 6.91. The predicted octanol–water partition coefficient (Wildman–Crippen LogP) is 7.92. The summed E-state index contributed by atoms with van der Waals surface area (Å²) >= 11 is 0. The second-order valence-electron chi connectivity index (χ2n) is 14.5. The van der Waals surface area contributed by atoms with Gasteiger partial charge in [0, 0.05) is 23.8 Å². The molecule has 3 aliphatic heterocycles. The molecule has 3 aliphatic rings. The Balaban J connectivity index is 1.16. The molecule has 1 N–H and O–H groups in total. The van der Waals surface area contributed by atoms with E-state index in [0.29, 0.717) is 34.9 Å². The number of aliphatic hydroxyl groups excluding tert-OH is 1. The molecule has 4 atom stereocenters. The highest BCUT2D eigenvalue weighted by Crippen LogP contribution is 2.60. The fraction of sp³-hybridized carbons (Fsp3) is 0.256. The molecule has 5 aromatic carbocycles. The lowest BCUT2D eigenvalue weighted by atomic mass is 9.82. The van der Waals surface area contributed by atoms with E-state index in [-0.39, 0.29) is 42.5 Å². The van der Waals surface area contributed by atoms with Crippen LogP contribution < -0.4 is 24.5 Å². The van der Waals surface area contributed by atoms with Crippen LogP contribution in [0.1, 0.15) is 34.8 Å². The monoisotopic (exact) mass is 710 g/mol. The minimum atomic E-state index is -2.29. The van der Waals surface area contributed by atoms with Crippen LogP contribution in [-0.4, -0.2) is 44.8 Å². The summed E-state index contributed by atoms with van der Waals surface area (Å²) < 4.78 is 18.7. The van der Waals surface area contributed by atoms with Crippen molar-refractivity contribution in [3.8, 4) is 17.2 Å². The fourth-order valence-electron chi connectivity index (χ4n) is 8.86. The summed E-state index contributed by atoms with van der Waals surface area (Å²) in [6.07, 6.45) is 0.141. The van der Waals surface area contributed by atoms with Gasteiger partial charge in [-0.15, -0.1) is 0 Å². The van der Waals surface area contributed by atoms with Crippen LogP contribution >= 0.6 is 0 Å². The van der Waals surface area contributed by atoms with Crippen molar-refractivity contribution in [1.29, 1.82) is 0 Å². The average Bonchev–Trinajstić information content (AvgIpc) is 3.53. The van der Waals surface area contributed by atoms with Gasteiger partial charge in [0.05, 0.1) is 44.8 Å². The van der Waals surface area contributed by atoms with Crippen LogP contribution in [0.2, 0.25) is 18.6 Å². The maximum absolute atomic E-state index is 15.1. The van der Waals surface area contributed by atoms with Crippen molar-refractivity contribution in [2.24, 2.45) is 5.92 Å². The van der Waals surface area contributed by atoms with E-state index in [1.54, 1.807) is 24.1 Å². The molecule has 264 valence electrons. The smallest absolute Gasteiger partial charge is 0.266 e. The summed E-state index contributed by atoms with van der Waals surface area (Å²) in [4.78, 5) is 32.8. The normalized spacial score (nSPS) is 22.1. The molecule has 0 saturated carbocycles. The van der Waals surface area contributed by atoms with Gasteiger partial charge in [-0.05, 0) is 72.1 Å². The van der Waals surface area contributed by atoms with Crippen LogP contribution in [0.3, 0.4) is 0 Å².